The fraction of sp³-hybridized carbons (Fsp3) is 0.286. The molecule has 0 spiro atoms. The average Bonchev–Trinajstić information content (AvgIpc) is 2.72. The number of nitrogen functional groups attached to an aromatic ring is 1. The number of benzene rings is 1. The first-order chi connectivity index (χ1) is 9.81. The van der Waals surface area contributed by atoms with Crippen molar-refractivity contribution in [1.82, 2.24) is 4.90 Å². The predicted octanol–water partition coefficient (Wildman–Crippen LogP) is 2.58. The zero-order valence-electron chi connectivity index (χ0n) is 11.7. The lowest BCUT2D eigenvalue weighted by molar-refractivity contribution is -0.119. The Hall–Kier alpha value is -1.60. The van der Waals surface area contributed by atoms with Gasteiger partial charge in [0, 0.05) is 20.6 Å². The van der Waals surface area contributed by atoms with Gasteiger partial charge < -0.3 is 16.4 Å². The van der Waals surface area contributed by atoms with Crippen molar-refractivity contribution >= 4 is 54.9 Å². The van der Waals surface area contributed by atoms with Gasteiger partial charge in [-0.05, 0) is 32.0 Å². The summed E-state index contributed by atoms with van der Waals surface area (Å²) in [6.45, 7) is 3.55. The lowest BCUT2D eigenvalue weighted by Crippen LogP contribution is -2.42. The van der Waals surface area contributed by atoms with E-state index in [-0.39, 0.29) is 18.5 Å². The minimum atomic E-state index is -0.542. The van der Waals surface area contributed by atoms with Crippen molar-refractivity contribution in [3.63, 3.8) is 0 Å². The molecule has 0 aliphatic rings. The molecule has 7 heteroatoms. The van der Waals surface area contributed by atoms with Gasteiger partial charge in [-0.2, -0.15) is 0 Å². The Labute approximate surface area is 135 Å². The zero-order chi connectivity index (χ0) is 15.7. The number of carbonyl (C=O) groups excluding carboxylic acids is 2. The molecule has 0 bridgehead atoms. The standard InChI is InChI=1S/C14H16BrN3O2S/c1-7(2)18(6-11(16)19)14(20)13-12(17)9-5-8(15)3-4-10(9)21-13/h3-5,7H,6,17H2,1-2H3,(H2,16,19). The van der Waals surface area contributed by atoms with E-state index in [2.05, 4.69) is 15.9 Å². The topological polar surface area (TPSA) is 89.4 Å². The van der Waals surface area contributed by atoms with Crippen LogP contribution in [-0.4, -0.2) is 29.3 Å². The van der Waals surface area contributed by atoms with Crippen LogP contribution >= 0.6 is 27.3 Å². The minimum absolute atomic E-state index is 0.117. The van der Waals surface area contributed by atoms with Gasteiger partial charge in [-0.1, -0.05) is 15.9 Å². The van der Waals surface area contributed by atoms with E-state index in [0.29, 0.717) is 10.6 Å². The second-order valence-corrected chi connectivity index (χ2v) is 6.95. The van der Waals surface area contributed by atoms with Gasteiger partial charge in [0.1, 0.15) is 4.88 Å². The van der Waals surface area contributed by atoms with E-state index in [1.807, 2.05) is 32.0 Å². The number of halogens is 1. The van der Waals surface area contributed by atoms with Gasteiger partial charge in [-0.3, -0.25) is 9.59 Å². The van der Waals surface area contributed by atoms with E-state index >= 15 is 0 Å². The third kappa shape index (κ3) is 3.19. The maximum atomic E-state index is 12.6. The lowest BCUT2D eigenvalue weighted by atomic mass is 10.2. The molecule has 0 unspecified atom stereocenters. The number of amides is 2. The fourth-order valence-corrected chi connectivity index (χ4v) is 3.46. The molecular weight excluding hydrogens is 354 g/mol. The molecule has 1 heterocycles. The summed E-state index contributed by atoms with van der Waals surface area (Å²) in [5, 5.41) is 0.834. The van der Waals surface area contributed by atoms with Crippen LogP contribution in [0.3, 0.4) is 0 Å². The molecule has 0 aliphatic heterocycles. The van der Waals surface area contributed by atoms with E-state index in [9.17, 15) is 9.59 Å². The quantitative estimate of drug-likeness (QED) is 0.867. The van der Waals surface area contributed by atoms with Crippen LogP contribution < -0.4 is 11.5 Å². The van der Waals surface area contributed by atoms with Crippen LogP contribution in [0.1, 0.15) is 23.5 Å². The van der Waals surface area contributed by atoms with Crippen molar-refractivity contribution in [1.29, 1.82) is 0 Å². The summed E-state index contributed by atoms with van der Waals surface area (Å²) in [5.74, 6) is -0.807. The smallest absolute Gasteiger partial charge is 0.266 e. The van der Waals surface area contributed by atoms with Gasteiger partial charge in [-0.15, -0.1) is 11.3 Å². The molecule has 2 rings (SSSR count). The van der Waals surface area contributed by atoms with Crippen LogP contribution in [0.15, 0.2) is 22.7 Å². The highest BCUT2D eigenvalue weighted by atomic mass is 79.9. The molecule has 0 aliphatic carbocycles. The number of anilines is 1. The van der Waals surface area contributed by atoms with Crippen LogP contribution in [0, 0.1) is 0 Å². The van der Waals surface area contributed by atoms with Gasteiger partial charge in [-0.25, -0.2) is 0 Å². The number of carbonyl (C=O) groups is 2. The third-order valence-corrected chi connectivity index (χ3v) is 4.76. The van der Waals surface area contributed by atoms with Gasteiger partial charge in [0.05, 0.1) is 12.2 Å². The monoisotopic (exact) mass is 369 g/mol. The summed E-state index contributed by atoms with van der Waals surface area (Å²) in [5.41, 5.74) is 11.8. The lowest BCUT2D eigenvalue weighted by Gasteiger charge is -2.24. The van der Waals surface area contributed by atoms with Gasteiger partial charge >= 0.3 is 0 Å². The Morgan fingerprint density at radius 2 is 2.05 bits per heavy atom. The van der Waals surface area contributed by atoms with Crippen molar-refractivity contribution in [2.75, 3.05) is 12.3 Å². The predicted molar refractivity (Wildman–Crippen MR) is 89.3 cm³/mol. The summed E-state index contributed by atoms with van der Waals surface area (Å²) < 4.78 is 1.83. The number of hydrogen-bond donors (Lipinski definition) is 2. The highest BCUT2D eigenvalue weighted by Gasteiger charge is 2.25. The van der Waals surface area contributed by atoms with E-state index in [4.69, 9.17) is 11.5 Å². The van der Waals surface area contributed by atoms with Crippen molar-refractivity contribution < 1.29 is 9.59 Å². The Kier molecular flexibility index (Phi) is 4.53. The molecule has 2 amide bonds. The summed E-state index contributed by atoms with van der Waals surface area (Å²) in [4.78, 5) is 25.7. The normalized spacial score (nSPS) is 11.0. The maximum Gasteiger partial charge on any atom is 0.266 e. The van der Waals surface area contributed by atoms with Crippen LogP contribution in [0.4, 0.5) is 5.69 Å². The highest BCUT2D eigenvalue weighted by molar-refractivity contribution is 9.10. The van der Waals surface area contributed by atoms with Crippen molar-refractivity contribution in [3.8, 4) is 0 Å². The van der Waals surface area contributed by atoms with E-state index in [0.717, 1.165) is 14.6 Å². The van der Waals surface area contributed by atoms with E-state index in [1.165, 1.54) is 16.2 Å². The Bertz CT molecular complexity index is 712. The molecule has 0 atom stereocenters. The molecule has 4 N–H and O–H groups in total. The summed E-state index contributed by atoms with van der Waals surface area (Å²) in [6, 6.07) is 5.55. The molecule has 112 valence electrons. The Morgan fingerprint density at radius 3 is 2.62 bits per heavy atom. The SMILES string of the molecule is CC(C)N(CC(N)=O)C(=O)c1sc2ccc(Br)cc2c1N. The van der Waals surface area contributed by atoms with Crippen molar-refractivity contribution in [3.05, 3.63) is 27.5 Å². The Balaban J connectivity index is 2.47. The number of rotatable bonds is 4. The van der Waals surface area contributed by atoms with Crippen molar-refractivity contribution in [2.24, 2.45) is 5.73 Å². The molecule has 5 nitrogen and oxygen atoms in total. The largest absolute Gasteiger partial charge is 0.397 e. The third-order valence-electron chi connectivity index (χ3n) is 3.09. The zero-order valence-corrected chi connectivity index (χ0v) is 14.1. The number of nitrogens with zero attached hydrogens (tertiary/aromatic N) is 1. The van der Waals surface area contributed by atoms with Crippen LogP contribution in [-0.2, 0) is 4.79 Å². The maximum absolute atomic E-state index is 12.6. The first-order valence-corrected chi connectivity index (χ1v) is 7.99. The fourth-order valence-electron chi connectivity index (χ4n) is 2.03. The van der Waals surface area contributed by atoms with Crippen LogP contribution in [0.5, 0.6) is 0 Å². The number of thiophene rings is 1. The number of fused-ring (bicyclic) bond motifs is 1. The molecule has 2 aromatic rings. The number of hydrogen-bond acceptors (Lipinski definition) is 4. The second-order valence-electron chi connectivity index (χ2n) is 4.98. The molecule has 1 aromatic carbocycles. The molecule has 0 fully saturated rings. The summed E-state index contributed by atoms with van der Waals surface area (Å²) in [6.07, 6.45) is 0. The van der Waals surface area contributed by atoms with Crippen molar-refractivity contribution in [2.45, 2.75) is 19.9 Å². The Morgan fingerprint density at radius 1 is 1.38 bits per heavy atom. The summed E-state index contributed by atoms with van der Waals surface area (Å²) in [7, 11) is 0. The first kappa shape index (κ1) is 15.8. The van der Waals surface area contributed by atoms with Gasteiger partial charge in [0.25, 0.3) is 5.91 Å². The number of primary amides is 1. The molecule has 0 radical (unpaired) electrons. The van der Waals surface area contributed by atoms with Gasteiger partial charge in [0.2, 0.25) is 5.91 Å². The van der Waals surface area contributed by atoms with E-state index < -0.39 is 5.91 Å². The highest BCUT2D eigenvalue weighted by Crippen LogP contribution is 2.36. The molecule has 1 aromatic heterocycles. The van der Waals surface area contributed by atoms with Gasteiger partial charge in [0.15, 0.2) is 0 Å². The minimum Gasteiger partial charge on any atom is -0.397 e. The number of nitrogens with two attached hydrogens (primary N) is 2. The molecule has 21 heavy (non-hydrogen) atoms. The van der Waals surface area contributed by atoms with Crippen LogP contribution in [0.2, 0.25) is 0 Å². The van der Waals surface area contributed by atoms with E-state index in [1.54, 1.807) is 0 Å². The molecular formula is C14H16BrN3O2S. The second kappa shape index (κ2) is 6.03. The summed E-state index contributed by atoms with van der Waals surface area (Å²) >= 11 is 4.71. The molecule has 0 saturated heterocycles. The van der Waals surface area contributed by atoms with Crippen LogP contribution in [0.25, 0.3) is 10.1 Å². The average molecular weight is 370 g/mol. The molecule has 0 saturated carbocycles. The first-order valence-electron chi connectivity index (χ1n) is 6.38.